The molecular formula is C27H32F5N5O. The fourth-order valence-corrected chi connectivity index (χ4v) is 6.14. The second-order valence-corrected chi connectivity index (χ2v) is 11.4. The number of halogens is 5. The van der Waals surface area contributed by atoms with E-state index in [0.717, 1.165) is 25.0 Å². The van der Waals surface area contributed by atoms with E-state index >= 15 is 0 Å². The number of fused-ring (bicyclic) bond motifs is 1. The number of amides is 1. The summed E-state index contributed by atoms with van der Waals surface area (Å²) in [7, 11) is 0. The molecule has 206 valence electrons. The van der Waals surface area contributed by atoms with E-state index in [-0.39, 0.29) is 35.5 Å². The maximum atomic E-state index is 14.4. The Balaban J connectivity index is 1.35. The maximum Gasteiger partial charge on any atom is 0.416 e. The molecule has 1 N–H and O–H groups in total. The van der Waals surface area contributed by atoms with E-state index in [4.69, 9.17) is 0 Å². The van der Waals surface area contributed by atoms with Crippen LogP contribution in [0.5, 0.6) is 0 Å². The summed E-state index contributed by atoms with van der Waals surface area (Å²) >= 11 is 0. The summed E-state index contributed by atoms with van der Waals surface area (Å²) in [5.74, 6) is -3.65. The Kier molecular flexibility index (Phi) is 6.64. The van der Waals surface area contributed by atoms with Crippen molar-refractivity contribution in [3.8, 4) is 0 Å². The zero-order valence-electron chi connectivity index (χ0n) is 21.7. The Bertz CT molecular complexity index is 1190. The van der Waals surface area contributed by atoms with E-state index in [2.05, 4.69) is 15.3 Å². The summed E-state index contributed by atoms with van der Waals surface area (Å²) in [6.45, 7) is 7.38. The van der Waals surface area contributed by atoms with Crippen molar-refractivity contribution in [3.05, 3.63) is 53.0 Å². The summed E-state index contributed by atoms with van der Waals surface area (Å²) in [6.07, 6.45) is -2.01. The Morgan fingerprint density at radius 2 is 1.74 bits per heavy atom. The highest BCUT2D eigenvalue weighted by Gasteiger charge is 2.47. The zero-order chi connectivity index (χ0) is 27.5. The maximum absolute atomic E-state index is 14.4. The molecule has 2 saturated heterocycles. The van der Waals surface area contributed by atoms with Crippen molar-refractivity contribution in [1.82, 2.24) is 20.2 Å². The largest absolute Gasteiger partial charge is 0.416 e. The van der Waals surface area contributed by atoms with Crippen LogP contribution in [0.15, 0.2) is 30.6 Å². The molecule has 1 aromatic heterocycles. The first kappa shape index (κ1) is 26.8. The molecule has 3 heterocycles. The Morgan fingerprint density at radius 1 is 1.08 bits per heavy atom. The minimum absolute atomic E-state index is 0.146. The third-order valence-corrected chi connectivity index (χ3v) is 8.08. The number of piperazine rings is 1. The molecule has 1 amide bonds. The molecule has 0 spiro atoms. The lowest BCUT2D eigenvalue weighted by Gasteiger charge is -2.39. The predicted octanol–water partition coefficient (Wildman–Crippen LogP) is 5.06. The second kappa shape index (κ2) is 9.43. The first-order chi connectivity index (χ1) is 17.8. The van der Waals surface area contributed by atoms with Crippen LogP contribution in [0.3, 0.4) is 0 Å². The van der Waals surface area contributed by atoms with E-state index in [0.29, 0.717) is 43.1 Å². The fourth-order valence-electron chi connectivity index (χ4n) is 6.14. The number of carbonyl (C=O) groups is 1. The standard InChI is InChI=1S/C27H32F5N5O/c1-16-14-26(28,29)22-20(16)23(34-15-33-22)36-10-12-37(13-11-36)24(38)21(19-8-9-25(2,3)35-19)17-4-6-18(7-5-17)27(30,31)32/h4-7,15-16,19,21,35H,8-14H2,1-3H3/t16-,19+,21?/m1/s1. The molecule has 0 saturated carbocycles. The molecule has 1 aromatic carbocycles. The summed E-state index contributed by atoms with van der Waals surface area (Å²) in [5, 5.41) is 3.50. The lowest BCUT2D eigenvalue weighted by molar-refractivity contribution is -0.137. The van der Waals surface area contributed by atoms with Gasteiger partial charge in [0.1, 0.15) is 17.8 Å². The van der Waals surface area contributed by atoms with Crippen molar-refractivity contribution < 1.29 is 26.7 Å². The number of hydrogen-bond donors (Lipinski definition) is 1. The van der Waals surface area contributed by atoms with Gasteiger partial charge in [0.25, 0.3) is 5.92 Å². The molecule has 0 bridgehead atoms. The van der Waals surface area contributed by atoms with Crippen molar-refractivity contribution in [2.24, 2.45) is 0 Å². The number of carbonyl (C=O) groups excluding carboxylic acids is 1. The van der Waals surface area contributed by atoms with Crippen LogP contribution in [0, 0.1) is 0 Å². The van der Waals surface area contributed by atoms with Crippen LogP contribution in [0.1, 0.15) is 74.3 Å². The van der Waals surface area contributed by atoms with Crippen LogP contribution in [0.2, 0.25) is 0 Å². The number of anilines is 1. The first-order valence-electron chi connectivity index (χ1n) is 13.0. The van der Waals surface area contributed by atoms with Gasteiger partial charge in [-0.1, -0.05) is 19.1 Å². The number of hydrogen-bond acceptors (Lipinski definition) is 5. The molecule has 1 aliphatic carbocycles. The number of alkyl halides is 5. The predicted molar refractivity (Wildman–Crippen MR) is 132 cm³/mol. The van der Waals surface area contributed by atoms with Crippen molar-refractivity contribution in [2.45, 2.75) is 75.5 Å². The summed E-state index contributed by atoms with van der Waals surface area (Å²) in [5.41, 5.74) is -0.133. The van der Waals surface area contributed by atoms with Gasteiger partial charge in [-0.25, -0.2) is 9.97 Å². The third kappa shape index (κ3) is 4.97. The lowest BCUT2D eigenvalue weighted by atomic mass is 9.88. The highest BCUT2D eigenvalue weighted by molar-refractivity contribution is 5.85. The molecule has 3 atom stereocenters. The van der Waals surface area contributed by atoms with Gasteiger partial charge in [0.2, 0.25) is 5.91 Å². The van der Waals surface area contributed by atoms with E-state index in [1.54, 1.807) is 11.8 Å². The molecule has 2 fully saturated rings. The summed E-state index contributed by atoms with van der Waals surface area (Å²) in [6, 6.07) is 4.65. The van der Waals surface area contributed by atoms with Crippen molar-refractivity contribution in [3.63, 3.8) is 0 Å². The van der Waals surface area contributed by atoms with Crippen LogP contribution < -0.4 is 10.2 Å². The van der Waals surface area contributed by atoms with E-state index in [1.807, 2.05) is 18.7 Å². The van der Waals surface area contributed by atoms with Gasteiger partial charge >= 0.3 is 6.18 Å². The van der Waals surface area contributed by atoms with Crippen LogP contribution in [-0.4, -0.2) is 58.5 Å². The van der Waals surface area contributed by atoms with Crippen LogP contribution in [0.25, 0.3) is 0 Å². The summed E-state index contributed by atoms with van der Waals surface area (Å²) < 4.78 is 68.3. The minimum atomic E-state index is -4.45. The topological polar surface area (TPSA) is 61.4 Å². The Hall–Kier alpha value is -2.82. The molecule has 38 heavy (non-hydrogen) atoms. The van der Waals surface area contributed by atoms with Gasteiger partial charge in [0, 0.05) is 49.7 Å². The van der Waals surface area contributed by atoms with E-state index in [1.165, 1.54) is 18.5 Å². The number of rotatable bonds is 4. The molecule has 11 heteroatoms. The van der Waals surface area contributed by atoms with E-state index in [9.17, 15) is 26.7 Å². The molecule has 5 rings (SSSR count). The van der Waals surface area contributed by atoms with Crippen LogP contribution >= 0.6 is 0 Å². The number of nitrogens with zero attached hydrogens (tertiary/aromatic N) is 4. The first-order valence-corrected chi connectivity index (χ1v) is 13.0. The molecule has 2 aliphatic heterocycles. The van der Waals surface area contributed by atoms with Crippen molar-refractivity contribution in [2.75, 3.05) is 31.1 Å². The van der Waals surface area contributed by atoms with Gasteiger partial charge in [0.15, 0.2) is 0 Å². The van der Waals surface area contributed by atoms with Gasteiger partial charge in [-0.05, 0) is 50.3 Å². The normalized spacial score (nSPS) is 25.4. The lowest BCUT2D eigenvalue weighted by Crippen LogP contribution is -2.53. The summed E-state index contributed by atoms with van der Waals surface area (Å²) in [4.78, 5) is 25.7. The van der Waals surface area contributed by atoms with Crippen molar-refractivity contribution >= 4 is 11.7 Å². The highest BCUT2D eigenvalue weighted by Crippen LogP contribution is 2.49. The Morgan fingerprint density at radius 3 is 2.32 bits per heavy atom. The monoisotopic (exact) mass is 537 g/mol. The molecule has 1 unspecified atom stereocenters. The fraction of sp³-hybridized carbons (Fsp3) is 0.593. The molecular weight excluding hydrogens is 505 g/mol. The molecule has 0 radical (unpaired) electrons. The molecule has 6 nitrogen and oxygen atoms in total. The van der Waals surface area contributed by atoms with Crippen LogP contribution in [-0.2, 0) is 16.9 Å². The highest BCUT2D eigenvalue weighted by atomic mass is 19.4. The smallest absolute Gasteiger partial charge is 0.353 e. The van der Waals surface area contributed by atoms with E-state index < -0.39 is 23.6 Å². The molecule has 3 aliphatic rings. The van der Waals surface area contributed by atoms with Gasteiger partial charge in [0.05, 0.1) is 11.5 Å². The van der Waals surface area contributed by atoms with Crippen molar-refractivity contribution in [1.29, 1.82) is 0 Å². The number of aromatic nitrogens is 2. The third-order valence-electron chi connectivity index (χ3n) is 8.08. The second-order valence-electron chi connectivity index (χ2n) is 11.4. The van der Waals surface area contributed by atoms with Gasteiger partial charge < -0.3 is 15.1 Å². The average molecular weight is 538 g/mol. The van der Waals surface area contributed by atoms with Gasteiger partial charge in [-0.15, -0.1) is 0 Å². The number of nitrogens with one attached hydrogen (secondary N) is 1. The zero-order valence-corrected chi connectivity index (χ0v) is 21.7. The van der Waals surface area contributed by atoms with Gasteiger partial charge in [-0.3, -0.25) is 4.79 Å². The van der Waals surface area contributed by atoms with Gasteiger partial charge in [-0.2, -0.15) is 22.0 Å². The average Bonchev–Trinajstić information content (AvgIpc) is 3.33. The Labute approximate surface area is 218 Å². The molecule has 2 aromatic rings. The quantitative estimate of drug-likeness (QED) is 0.553. The SMILES string of the molecule is C[C@@H]1CC(F)(F)c2ncnc(N3CCN(C(=O)C(c4ccc(C(F)(F)F)cc4)[C@@H]4CCC(C)(C)N4)CC3)c21. The van der Waals surface area contributed by atoms with Crippen LogP contribution in [0.4, 0.5) is 27.8 Å². The minimum Gasteiger partial charge on any atom is -0.353 e. The number of benzene rings is 1.